The Morgan fingerprint density at radius 1 is 1.53 bits per heavy atom. The maximum atomic E-state index is 11.7. The van der Waals surface area contributed by atoms with Gasteiger partial charge in [-0.05, 0) is 6.92 Å². The van der Waals surface area contributed by atoms with Crippen molar-refractivity contribution in [2.75, 3.05) is 0 Å². The van der Waals surface area contributed by atoms with Crippen molar-refractivity contribution in [1.29, 1.82) is 0 Å². The number of aryl methyl sites for hydroxylation is 1. The Labute approximate surface area is 96.5 Å². The fraction of sp³-hybridized carbons (Fsp3) is 0.444. The van der Waals surface area contributed by atoms with Crippen molar-refractivity contribution in [1.82, 2.24) is 14.7 Å². The molecule has 0 atom stereocenters. The number of hydrazine groups is 1. The van der Waals surface area contributed by atoms with E-state index in [-0.39, 0.29) is 13.0 Å². The fourth-order valence-corrected chi connectivity index (χ4v) is 1.32. The lowest BCUT2D eigenvalue weighted by molar-refractivity contribution is -0.151. The van der Waals surface area contributed by atoms with Crippen LogP contribution in [0, 0.1) is 0 Å². The van der Waals surface area contributed by atoms with Crippen LogP contribution in [-0.4, -0.2) is 15.1 Å². The summed E-state index contributed by atoms with van der Waals surface area (Å²) in [4.78, 5) is 38.4. The first-order valence-corrected chi connectivity index (χ1v) is 5.05. The minimum Gasteiger partial charge on any atom is -0.356 e. The zero-order chi connectivity index (χ0) is 12.8. The molecule has 1 rings (SSSR count). The lowest BCUT2D eigenvalue weighted by atomic mass is 10.4. The number of aromatic nitrogens is 2. The lowest BCUT2D eigenvalue weighted by Gasteiger charge is -2.07. The van der Waals surface area contributed by atoms with Gasteiger partial charge in [0.1, 0.15) is 0 Å². The quantitative estimate of drug-likeness (QED) is 0.472. The van der Waals surface area contributed by atoms with Crippen LogP contribution >= 0.6 is 0 Å². The standard InChI is InChI=1S/C9H14N4O4/c1-2-12-5-3-7(14)13(9(12)16)6-4-8(15)17-11-10/h3,5,11H,2,4,6,10H2,1H3. The van der Waals surface area contributed by atoms with Crippen molar-refractivity contribution in [2.24, 2.45) is 5.84 Å². The molecule has 0 aliphatic heterocycles. The highest BCUT2D eigenvalue weighted by molar-refractivity contribution is 5.68. The van der Waals surface area contributed by atoms with Crippen LogP contribution in [0.5, 0.6) is 0 Å². The van der Waals surface area contributed by atoms with Crippen LogP contribution in [0.25, 0.3) is 0 Å². The van der Waals surface area contributed by atoms with E-state index in [0.717, 1.165) is 4.57 Å². The van der Waals surface area contributed by atoms with Crippen LogP contribution in [0.3, 0.4) is 0 Å². The van der Waals surface area contributed by atoms with Gasteiger partial charge in [0.2, 0.25) is 0 Å². The minimum atomic E-state index is -0.647. The molecule has 0 spiro atoms. The second kappa shape index (κ2) is 5.97. The number of nitrogens with zero attached hydrogens (tertiary/aromatic N) is 2. The summed E-state index contributed by atoms with van der Waals surface area (Å²) >= 11 is 0. The number of nitrogens with one attached hydrogen (secondary N) is 1. The van der Waals surface area contributed by atoms with Gasteiger partial charge in [-0.15, -0.1) is 0 Å². The van der Waals surface area contributed by atoms with Crippen LogP contribution < -0.4 is 22.7 Å². The molecular weight excluding hydrogens is 228 g/mol. The Balaban J connectivity index is 2.87. The van der Waals surface area contributed by atoms with E-state index in [1.54, 1.807) is 12.5 Å². The summed E-state index contributed by atoms with van der Waals surface area (Å²) in [6.45, 7) is 2.19. The number of hydrogen-bond donors (Lipinski definition) is 2. The van der Waals surface area contributed by atoms with Crippen LogP contribution in [0.15, 0.2) is 21.9 Å². The zero-order valence-corrected chi connectivity index (χ0v) is 9.38. The van der Waals surface area contributed by atoms with Crippen molar-refractivity contribution in [3.63, 3.8) is 0 Å². The molecule has 17 heavy (non-hydrogen) atoms. The van der Waals surface area contributed by atoms with Gasteiger partial charge < -0.3 is 9.40 Å². The number of rotatable bonds is 5. The van der Waals surface area contributed by atoms with E-state index in [2.05, 4.69) is 4.84 Å². The molecule has 0 aromatic carbocycles. The van der Waals surface area contributed by atoms with Gasteiger partial charge >= 0.3 is 11.7 Å². The first-order valence-electron chi connectivity index (χ1n) is 5.05. The number of carbonyl (C=O) groups excluding carboxylic acids is 1. The van der Waals surface area contributed by atoms with Gasteiger partial charge in [-0.1, -0.05) is 5.59 Å². The molecule has 1 heterocycles. The highest BCUT2D eigenvalue weighted by Crippen LogP contribution is 1.87. The molecule has 8 nitrogen and oxygen atoms in total. The second-order valence-corrected chi connectivity index (χ2v) is 3.22. The average molecular weight is 242 g/mol. The molecule has 0 saturated heterocycles. The van der Waals surface area contributed by atoms with Gasteiger partial charge in [-0.2, -0.15) is 0 Å². The highest BCUT2D eigenvalue weighted by Gasteiger charge is 2.08. The number of hydrogen-bond acceptors (Lipinski definition) is 6. The molecule has 0 unspecified atom stereocenters. The van der Waals surface area contributed by atoms with Crippen LogP contribution in [-0.2, 0) is 22.7 Å². The van der Waals surface area contributed by atoms with E-state index in [0.29, 0.717) is 6.54 Å². The van der Waals surface area contributed by atoms with Crippen LogP contribution in [0.2, 0.25) is 0 Å². The maximum absolute atomic E-state index is 11.7. The van der Waals surface area contributed by atoms with E-state index in [1.165, 1.54) is 16.8 Å². The number of carbonyl (C=O) groups is 1. The van der Waals surface area contributed by atoms with Crippen LogP contribution in [0.4, 0.5) is 0 Å². The lowest BCUT2D eigenvalue weighted by Crippen LogP contribution is -2.39. The Morgan fingerprint density at radius 3 is 2.82 bits per heavy atom. The summed E-state index contributed by atoms with van der Waals surface area (Å²) in [6.07, 6.45) is 1.30. The third-order valence-electron chi connectivity index (χ3n) is 2.19. The van der Waals surface area contributed by atoms with Crippen molar-refractivity contribution >= 4 is 5.97 Å². The summed E-state index contributed by atoms with van der Waals surface area (Å²) in [5, 5.41) is 0. The van der Waals surface area contributed by atoms with E-state index in [1.807, 2.05) is 0 Å². The summed E-state index contributed by atoms with van der Waals surface area (Å²) in [7, 11) is 0. The molecule has 0 bridgehead atoms. The predicted molar refractivity (Wildman–Crippen MR) is 58.7 cm³/mol. The topological polar surface area (TPSA) is 108 Å². The molecule has 1 aromatic rings. The van der Waals surface area contributed by atoms with Crippen molar-refractivity contribution in [3.8, 4) is 0 Å². The van der Waals surface area contributed by atoms with Gasteiger partial charge in [0, 0.05) is 25.4 Å². The Hall–Kier alpha value is -1.93. The normalized spacial score (nSPS) is 10.2. The zero-order valence-electron chi connectivity index (χ0n) is 9.38. The third kappa shape index (κ3) is 3.26. The van der Waals surface area contributed by atoms with E-state index in [9.17, 15) is 14.4 Å². The predicted octanol–water partition coefficient (Wildman–Crippen LogP) is -1.66. The molecule has 0 radical (unpaired) electrons. The molecule has 0 saturated carbocycles. The van der Waals surface area contributed by atoms with Crippen LogP contribution in [0.1, 0.15) is 13.3 Å². The highest BCUT2D eigenvalue weighted by atomic mass is 16.7. The molecule has 94 valence electrons. The first-order chi connectivity index (χ1) is 8.10. The summed E-state index contributed by atoms with van der Waals surface area (Å²) in [6, 6.07) is 1.28. The molecule has 0 amide bonds. The first kappa shape index (κ1) is 13.1. The molecule has 3 N–H and O–H groups in total. The van der Waals surface area contributed by atoms with Crippen molar-refractivity contribution in [2.45, 2.75) is 26.4 Å². The minimum absolute atomic E-state index is 0.0426. The van der Waals surface area contributed by atoms with Gasteiger partial charge in [-0.25, -0.2) is 10.6 Å². The molecule has 0 aliphatic rings. The van der Waals surface area contributed by atoms with E-state index < -0.39 is 17.2 Å². The summed E-state index contributed by atoms with van der Waals surface area (Å²) < 4.78 is 2.34. The molecule has 0 fully saturated rings. The monoisotopic (exact) mass is 242 g/mol. The SMILES string of the molecule is CCn1ccc(=O)n(CCC(=O)ONN)c1=O. The van der Waals surface area contributed by atoms with Gasteiger partial charge in [0.05, 0.1) is 6.42 Å². The molecule has 8 heteroatoms. The largest absolute Gasteiger partial charge is 0.356 e. The van der Waals surface area contributed by atoms with Crippen molar-refractivity contribution < 1.29 is 9.63 Å². The molecule has 1 aromatic heterocycles. The van der Waals surface area contributed by atoms with E-state index in [4.69, 9.17) is 5.84 Å². The summed E-state index contributed by atoms with van der Waals surface area (Å²) in [5.74, 6) is 4.13. The summed E-state index contributed by atoms with van der Waals surface area (Å²) in [5.41, 5.74) is 0.834. The smallest absolute Gasteiger partial charge is 0.330 e. The third-order valence-corrected chi connectivity index (χ3v) is 2.19. The molecule has 0 aliphatic carbocycles. The fourth-order valence-electron chi connectivity index (χ4n) is 1.32. The van der Waals surface area contributed by atoms with E-state index >= 15 is 0 Å². The van der Waals surface area contributed by atoms with Gasteiger partial charge in [-0.3, -0.25) is 14.2 Å². The Morgan fingerprint density at radius 2 is 2.24 bits per heavy atom. The van der Waals surface area contributed by atoms with Gasteiger partial charge in [0.15, 0.2) is 0 Å². The Kier molecular flexibility index (Phi) is 4.61. The number of nitrogens with two attached hydrogens (primary N) is 1. The Bertz CT molecular complexity index is 504. The molecular formula is C9H14N4O4. The maximum Gasteiger partial charge on any atom is 0.330 e. The van der Waals surface area contributed by atoms with Crippen molar-refractivity contribution in [3.05, 3.63) is 33.1 Å². The second-order valence-electron chi connectivity index (χ2n) is 3.22. The van der Waals surface area contributed by atoms with Gasteiger partial charge in [0.25, 0.3) is 5.56 Å². The average Bonchev–Trinajstić information content (AvgIpc) is 2.29.